The van der Waals surface area contributed by atoms with Gasteiger partial charge in [-0.15, -0.1) is 0 Å². The Balaban J connectivity index is 2.37. The number of carbonyl (C=O) groups excluding carboxylic acids is 2. The van der Waals surface area contributed by atoms with Gasteiger partial charge in [-0.25, -0.2) is 4.79 Å². The topological polar surface area (TPSA) is 52.6 Å². The normalized spacial score (nSPS) is 11.8. The molecular weight excluding hydrogens is 208 g/mol. The van der Waals surface area contributed by atoms with E-state index >= 15 is 0 Å². The summed E-state index contributed by atoms with van der Waals surface area (Å²) in [5.74, 6) is 0.0236. The molecule has 0 amide bonds. The predicted molar refractivity (Wildman–Crippen MR) is 58.2 cm³/mol. The zero-order valence-corrected chi connectivity index (χ0v) is 9.09. The summed E-state index contributed by atoms with van der Waals surface area (Å²) in [4.78, 5) is 21.5. The smallest absolute Gasteiger partial charge is 0.340 e. The van der Waals surface area contributed by atoms with Gasteiger partial charge in [0.15, 0.2) is 6.10 Å². The third kappa shape index (κ3) is 4.23. The van der Waals surface area contributed by atoms with Crippen molar-refractivity contribution in [2.75, 3.05) is 6.61 Å². The minimum Gasteiger partial charge on any atom is -0.425 e. The quantitative estimate of drug-likeness (QED) is 0.317. The lowest BCUT2D eigenvalue weighted by atomic mass is 10.3. The fourth-order valence-electron chi connectivity index (χ4n) is 1.05. The molecule has 0 heterocycles. The minimum atomic E-state index is -0.667. The number of para-hydroxylation sites is 1. The lowest BCUT2D eigenvalue weighted by molar-refractivity contribution is -0.146. The molecule has 0 saturated carbocycles. The van der Waals surface area contributed by atoms with Gasteiger partial charge in [-0.3, -0.25) is 0 Å². The van der Waals surface area contributed by atoms with Crippen molar-refractivity contribution in [2.45, 2.75) is 19.4 Å². The van der Waals surface area contributed by atoms with Crippen molar-refractivity contribution in [3.8, 4) is 5.75 Å². The average molecular weight is 222 g/mol. The van der Waals surface area contributed by atoms with E-state index in [1.165, 1.54) is 0 Å². The van der Waals surface area contributed by atoms with Crippen LogP contribution < -0.4 is 4.74 Å². The summed E-state index contributed by atoms with van der Waals surface area (Å²) in [6, 6.07) is 8.77. The van der Waals surface area contributed by atoms with Crippen molar-refractivity contribution in [2.24, 2.45) is 0 Å². The molecule has 86 valence electrons. The van der Waals surface area contributed by atoms with E-state index in [-0.39, 0.29) is 13.0 Å². The van der Waals surface area contributed by atoms with Crippen LogP contribution in [0.3, 0.4) is 0 Å². The molecule has 4 nitrogen and oxygen atoms in total. The first-order chi connectivity index (χ1) is 7.74. The second-order valence-corrected chi connectivity index (χ2v) is 3.20. The van der Waals surface area contributed by atoms with Crippen LogP contribution in [0.4, 0.5) is 0 Å². The monoisotopic (exact) mass is 222 g/mol. The molecular formula is C12H14O4. The number of ether oxygens (including phenoxy) is 2. The number of hydrogen-bond donors (Lipinski definition) is 0. The Morgan fingerprint density at radius 3 is 2.69 bits per heavy atom. The van der Waals surface area contributed by atoms with Gasteiger partial charge in [-0.2, -0.15) is 0 Å². The van der Waals surface area contributed by atoms with Gasteiger partial charge in [0.05, 0.1) is 6.61 Å². The highest BCUT2D eigenvalue weighted by Gasteiger charge is 2.15. The van der Waals surface area contributed by atoms with E-state index in [1.807, 2.05) is 6.07 Å². The summed E-state index contributed by atoms with van der Waals surface area (Å²) in [7, 11) is 0. The van der Waals surface area contributed by atoms with Gasteiger partial charge in [0.1, 0.15) is 12.0 Å². The molecule has 1 rings (SSSR count). The van der Waals surface area contributed by atoms with Crippen molar-refractivity contribution in [1.29, 1.82) is 0 Å². The van der Waals surface area contributed by atoms with Crippen molar-refractivity contribution in [3.63, 3.8) is 0 Å². The molecule has 1 aromatic rings. The van der Waals surface area contributed by atoms with Crippen LogP contribution in [0.15, 0.2) is 30.3 Å². The van der Waals surface area contributed by atoms with Crippen LogP contribution in [-0.2, 0) is 14.3 Å². The fraction of sp³-hybridized carbons (Fsp3) is 0.333. The van der Waals surface area contributed by atoms with E-state index in [4.69, 9.17) is 9.47 Å². The zero-order valence-electron chi connectivity index (χ0n) is 9.09. The number of aldehydes is 1. The van der Waals surface area contributed by atoms with E-state index in [1.54, 1.807) is 31.2 Å². The molecule has 0 spiro atoms. The first-order valence-electron chi connectivity index (χ1n) is 5.06. The Morgan fingerprint density at radius 1 is 1.38 bits per heavy atom. The fourth-order valence-corrected chi connectivity index (χ4v) is 1.05. The number of benzene rings is 1. The Morgan fingerprint density at radius 2 is 2.06 bits per heavy atom. The summed E-state index contributed by atoms with van der Waals surface area (Å²) in [5.41, 5.74) is 0. The third-order valence-corrected chi connectivity index (χ3v) is 1.90. The summed E-state index contributed by atoms with van der Waals surface area (Å²) in [5, 5.41) is 0. The lowest BCUT2D eigenvalue weighted by Crippen LogP contribution is -2.26. The molecule has 0 aliphatic carbocycles. The van der Waals surface area contributed by atoms with Crippen LogP contribution in [0.25, 0.3) is 0 Å². The average Bonchev–Trinajstić information content (AvgIpc) is 2.30. The van der Waals surface area contributed by atoms with Gasteiger partial charge in [0.2, 0.25) is 0 Å². The number of rotatable bonds is 6. The van der Waals surface area contributed by atoms with Crippen LogP contribution >= 0.6 is 0 Å². The van der Waals surface area contributed by atoms with Crippen LogP contribution in [0, 0.1) is 0 Å². The largest absolute Gasteiger partial charge is 0.425 e. The van der Waals surface area contributed by atoms with Gasteiger partial charge in [-0.05, 0) is 19.1 Å². The first kappa shape index (κ1) is 12.4. The summed E-state index contributed by atoms with van der Waals surface area (Å²) >= 11 is 0. The maximum Gasteiger partial charge on any atom is 0.340 e. The van der Waals surface area contributed by atoms with Crippen LogP contribution in [0.5, 0.6) is 5.75 Å². The number of hydrogen-bond acceptors (Lipinski definition) is 4. The van der Waals surface area contributed by atoms with Crippen molar-refractivity contribution in [1.82, 2.24) is 0 Å². The molecule has 0 aliphatic heterocycles. The Kier molecular flexibility index (Phi) is 5.22. The van der Waals surface area contributed by atoms with E-state index < -0.39 is 12.1 Å². The van der Waals surface area contributed by atoms with Crippen LogP contribution in [0.2, 0.25) is 0 Å². The van der Waals surface area contributed by atoms with Crippen molar-refractivity contribution >= 4 is 12.3 Å². The highest BCUT2D eigenvalue weighted by atomic mass is 16.6. The Bertz CT molecular complexity index is 334. The second kappa shape index (κ2) is 6.74. The summed E-state index contributed by atoms with van der Waals surface area (Å²) in [6.45, 7) is 1.82. The van der Waals surface area contributed by atoms with E-state index in [0.717, 1.165) is 6.29 Å². The van der Waals surface area contributed by atoms with Gasteiger partial charge in [-0.1, -0.05) is 18.2 Å². The standard InChI is InChI=1S/C12H14O4/c1-10(15-9-5-8-13)12(14)16-11-6-3-2-4-7-11/h2-4,6-8,10H,5,9H2,1H3. The van der Waals surface area contributed by atoms with Gasteiger partial charge in [0.25, 0.3) is 0 Å². The number of carbonyl (C=O) groups is 2. The molecule has 0 radical (unpaired) electrons. The van der Waals surface area contributed by atoms with Crippen molar-refractivity contribution < 1.29 is 19.1 Å². The highest BCUT2D eigenvalue weighted by Crippen LogP contribution is 2.10. The second-order valence-electron chi connectivity index (χ2n) is 3.20. The SMILES string of the molecule is CC(OCCC=O)C(=O)Oc1ccccc1. The third-order valence-electron chi connectivity index (χ3n) is 1.90. The molecule has 0 aromatic heterocycles. The molecule has 1 aromatic carbocycles. The van der Waals surface area contributed by atoms with E-state index in [9.17, 15) is 9.59 Å². The Hall–Kier alpha value is -1.68. The van der Waals surface area contributed by atoms with Gasteiger partial charge >= 0.3 is 5.97 Å². The summed E-state index contributed by atoms with van der Waals surface area (Å²) in [6.07, 6.45) is 0.359. The van der Waals surface area contributed by atoms with E-state index in [2.05, 4.69) is 0 Å². The molecule has 0 bridgehead atoms. The maximum atomic E-state index is 11.5. The number of esters is 1. The molecule has 16 heavy (non-hydrogen) atoms. The lowest BCUT2D eigenvalue weighted by Gasteiger charge is -2.11. The molecule has 1 atom stereocenters. The zero-order chi connectivity index (χ0) is 11.8. The van der Waals surface area contributed by atoms with Gasteiger partial charge in [0, 0.05) is 6.42 Å². The van der Waals surface area contributed by atoms with Gasteiger partial charge < -0.3 is 14.3 Å². The highest BCUT2D eigenvalue weighted by molar-refractivity contribution is 5.76. The molecule has 4 heteroatoms. The minimum absolute atomic E-state index is 0.231. The van der Waals surface area contributed by atoms with Crippen LogP contribution in [-0.4, -0.2) is 25.0 Å². The molecule has 1 unspecified atom stereocenters. The van der Waals surface area contributed by atoms with Crippen LogP contribution in [0.1, 0.15) is 13.3 Å². The van der Waals surface area contributed by atoms with Crippen molar-refractivity contribution in [3.05, 3.63) is 30.3 Å². The molecule has 0 fully saturated rings. The van der Waals surface area contributed by atoms with E-state index in [0.29, 0.717) is 5.75 Å². The Labute approximate surface area is 94.2 Å². The summed E-state index contributed by atoms with van der Waals surface area (Å²) < 4.78 is 10.2. The molecule has 0 aliphatic rings. The first-order valence-corrected chi connectivity index (χ1v) is 5.06. The maximum absolute atomic E-state index is 11.5. The molecule has 0 N–H and O–H groups in total. The predicted octanol–water partition coefficient (Wildman–Crippen LogP) is 1.59. The molecule has 0 saturated heterocycles.